The predicted molar refractivity (Wildman–Crippen MR) is 117 cm³/mol. The Morgan fingerprint density at radius 3 is 2.14 bits per heavy atom. The molecule has 0 saturated heterocycles. The normalized spacial score (nSPS) is 11.4. The fraction of sp³-hybridized carbons (Fsp3) is 0.435. The van der Waals surface area contributed by atoms with Crippen LogP contribution in [0.4, 0.5) is 0 Å². The van der Waals surface area contributed by atoms with E-state index in [1.54, 1.807) is 48.5 Å². The van der Waals surface area contributed by atoms with Crippen LogP contribution in [0.5, 0.6) is 0 Å². The zero-order valence-corrected chi connectivity index (χ0v) is 18.2. The Morgan fingerprint density at radius 2 is 1.48 bits per heavy atom. The summed E-state index contributed by atoms with van der Waals surface area (Å²) in [5.74, 6) is -0.0923. The van der Waals surface area contributed by atoms with Crippen LogP contribution in [0.3, 0.4) is 0 Å². The number of benzene rings is 2. The SMILES string of the molecule is CCCCCCCCNC(=O)c1ccc(CNS(=O)(=O)c2ccc(C)cc2)cc1. The first-order valence-corrected chi connectivity index (χ1v) is 11.8. The van der Waals surface area contributed by atoms with Crippen LogP contribution in [0.1, 0.15) is 66.9 Å². The van der Waals surface area contributed by atoms with Crippen molar-refractivity contribution in [2.24, 2.45) is 0 Å². The number of hydrogen-bond donors (Lipinski definition) is 2. The first-order chi connectivity index (χ1) is 13.9. The maximum atomic E-state index is 12.3. The van der Waals surface area contributed by atoms with E-state index < -0.39 is 10.0 Å². The number of carbonyl (C=O) groups excluding carboxylic acids is 1. The van der Waals surface area contributed by atoms with Crippen LogP contribution in [0, 0.1) is 6.92 Å². The highest BCUT2D eigenvalue weighted by Gasteiger charge is 2.13. The van der Waals surface area contributed by atoms with Gasteiger partial charge in [0, 0.05) is 18.7 Å². The zero-order chi connectivity index (χ0) is 21.1. The lowest BCUT2D eigenvalue weighted by atomic mass is 10.1. The van der Waals surface area contributed by atoms with E-state index in [1.165, 1.54) is 25.7 Å². The summed E-state index contributed by atoms with van der Waals surface area (Å²) in [5, 5.41) is 2.94. The topological polar surface area (TPSA) is 75.3 Å². The molecule has 0 bridgehead atoms. The Bertz CT molecular complexity index is 860. The van der Waals surface area contributed by atoms with Crippen LogP contribution in [-0.2, 0) is 16.6 Å². The molecule has 2 aromatic rings. The zero-order valence-electron chi connectivity index (χ0n) is 17.4. The molecule has 1 amide bonds. The van der Waals surface area contributed by atoms with Gasteiger partial charge in [0.25, 0.3) is 5.91 Å². The van der Waals surface area contributed by atoms with Gasteiger partial charge in [-0.3, -0.25) is 4.79 Å². The number of rotatable bonds is 12. The standard InChI is InChI=1S/C23H32N2O3S/c1-3-4-5-6-7-8-17-24-23(26)21-13-11-20(12-14-21)18-25-29(27,28)22-15-9-19(2)10-16-22/h9-16,25H,3-8,17-18H2,1-2H3,(H,24,26). The van der Waals surface area contributed by atoms with Crippen LogP contribution < -0.4 is 10.0 Å². The average Bonchev–Trinajstić information content (AvgIpc) is 2.72. The van der Waals surface area contributed by atoms with E-state index in [0.717, 1.165) is 24.0 Å². The molecule has 29 heavy (non-hydrogen) atoms. The first-order valence-electron chi connectivity index (χ1n) is 10.4. The lowest BCUT2D eigenvalue weighted by Gasteiger charge is -2.09. The minimum atomic E-state index is -3.55. The van der Waals surface area contributed by atoms with Crippen molar-refractivity contribution >= 4 is 15.9 Å². The molecule has 2 aromatic carbocycles. The van der Waals surface area contributed by atoms with Gasteiger partial charge in [0.2, 0.25) is 10.0 Å². The monoisotopic (exact) mass is 416 g/mol. The van der Waals surface area contributed by atoms with E-state index in [4.69, 9.17) is 0 Å². The van der Waals surface area contributed by atoms with Crippen LogP contribution in [0.2, 0.25) is 0 Å². The molecule has 5 nitrogen and oxygen atoms in total. The highest BCUT2D eigenvalue weighted by molar-refractivity contribution is 7.89. The van der Waals surface area contributed by atoms with Crippen molar-refractivity contribution in [3.8, 4) is 0 Å². The molecule has 0 saturated carbocycles. The summed E-state index contributed by atoms with van der Waals surface area (Å²) in [5.41, 5.74) is 2.39. The maximum absolute atomic E-state index is 12.3. The molecule has 0 aromatic heterocycles. The summed E-state index contributed by atoms with van der Waals surface area (Å²) < 4.78 is 27.3. The van der Waals surface area contributed by atoms with Gasteiger partial charge in [-0.05, 0) is 43.2 Å². The molecule has 0 unspecified atom stereocenters. The minimum absolute atomic E-state index is 0.0923. The second-order valence-corrected chi connectivity index (χ2v) is 9.13. The highest BCUT2D eigenvalue weighted by Crippen LogP contribution is 2.11. The van der Waals surface area contributed by atoms with Gasteiger partial charge >= 0.3 is 0 Å². The molecular weight excluding hydrogens is 384 g/mol. The molecule has 0 aliphatic heterocycles. The number of hydrogen-bond acceptors (Lipinski definition) is 3. The number of nitrogens with one attached hydrogen (secondary N) is 2. The van der Waals surface area contributed by atoms with Crippen molar-refractivity contribution in [2.75, 3.05) is 6.54 Å². The van der Waals surface area contributed by atoms with Crippen molar-refractivity contribution in [3.63, 3.8) is 0 Å². The van der Waals surface area contributed by atoms with E-state index in [9.17, 15) is 13.2 Å². The summed E-state index contributed by atoms with van der Waals surface area (Å²) in [6.07, 6.45) is 7.13. The third-order valence-corrected chi connectivity index (χ3v) is 6.25. The van der Waals surface area contributed by atoms with Gasteiger partial charge in [-0.15, -0.1) is 0 Å². The first kappa shape index (κ1) is 23.1. The summed E-state index contributed by atoms with van der Waals surface area (Å²) in [6, 6.07) is 13.7. The van der Waals surface area contributed by atoms with Crippen LogP contribution in [0.15, 0.2) is 53.4 Å². The fourth-order valence-corrected chi connectivity index (χ4v) is 3.98. The molecule has 0 aliphatic carbocycles. The third-order valence-electron chi connectivity index (χ3n) is 4.83. The molecule has 0 fully saturated rings. The van der Waals surface area contributed by atoms with Crippen molar-refractivity contribution in [1.29, 1.82) is 0 Å². The van der Waals surface area contributed by atoms with E-state index in [1.807, 2.05) is 6.92 Å². The Kier molecular flexibility index (Phi) is 9.35. The van der Waals surface area contributed by atoms with Gasteiger partial charge < -0.3 is 5.32 Å². The number of carbonyl (C=O) groups is 1. The molecule has 2 rings (SSSR count). The molecule has 0 spiro atoms. The van der Waals surface area contributed by atoms with Crippen molar-refractivity contribution < 1.29 is 13.2 Å². The quantitative estimate of drug-likeness (QED) is 0.498. The van der Waals surface area contributed by atoms with Gasteiger partial charge in [0.1, 0.15) is 0 Å². The third kappa shape index (κ3) is 7.99. The summed E-state index contributed by atoms with van der Waals surface area (Å²) in [4.78, 5) is 12.4. The molecule has 2 N–H and O–H groups in total. The molecular formula is C23H32N2O3S. The molecule has 0 atom stereocenters. The lowest BCUT2D eigenvalue weighted by Crippen LogP contribution is -2.25. The summed E-state index contributed by atoms with van der Waals surface area (Å²) >= 11 is 0. The van der Waals surface area contributed by atoms with Crippen LogP contribution in [0.25, 0.3) is 0 Å². The Morgan fingerprint density at radius 1 is 0.862 bits per heavy atom. The van der Waals surface area contributed by atoms with Crippen molar-refractivity contribution in [3.05, 3.63) is 65.2 Å². The van der Waals surface area contributed by atoms with Crippen molar-refractivity contribution in [1.82, 2.24) is 10.0 Å². The Labute approximate surface area is 175 Å². The molecule has 0 radical (unpaired) electrons. The second kappa shape index (κ2) is 11.7. The van der Waals surface area contributed by atoms with Crippen LogP contribution in [-0.4, -0.2) is 20.9 Å². The minimum Gasteiger partial charge on any atom is -0.352 e. The summed E-state index contributed by atoms with van der Waals surface area (Å²) in [6.45, 7) is 4.97. The van der Waals surface area contributed by atoms with Gasteiger partial charge in [0.15, 0.2) is 0 Å². The second-order valence-electron chi connectivity index (χ2n) is 7.36. The van der Waals surface area contributed by atoms with E-state index in [2.05, 4.69) is 17.0 Å². The lowest BCUT2D eigenvalue weighted by molar-refractivity contribution is 0.0953. The van der Waals surface area contributed by atoms with E-state index in [-0.39, 0.29) is 17.3 Å². The van der Waals surface area contributed by atoms with Gasteiger partial charge in [-0.25, -0.2) is 13.1 Å². The Hall–Kier alpha value is -2.18. The summed E-state index contributed by atoms with van der Waals surface area (Å²) in [7, 11) is -3.55. The number of sulfonamides is 1. The fourth-order valence-electron chi connectivity index (χ4n) is 2.96. The predicted octanol–water partition coefficient (Wildman–Crippen LogP) is 4.56. The number of unbranched alkanes of at least 4 members (excludes halogenated alkanes) is 5. The largest absolute Gasteiger partial charge is 0.352 e. The number of aryl methyl sites for hydroxylation is 1. The van der Waals surface area contributed by atoms with E-state index in [0.29, 0.717) is 12.1 Å². The van der Waals surface area contributed by atoms with Gasteiger partial charge in [-0.2, -0.15) is 0 Å². The highest BCUT2D eigenvalue weighted by atomic mass is 32.2. The Balaban J connectivity index is 1.77. The smallest absolute Gasteiger partial charge is 0.251 e. The van der Waals surface area contributed by atoms with Crippen molar-refractivity contribution in [2.45, 2.75) is 63.8 Å². The molecule has 6 heteroatoms. The molecule has 158 valence electrons. The maximum Gasteiger partial charge on any atom is 0.251 e. The average molecular weight is 417 g/mol. The van der Waals surface area contributed by atoms with E-state index >= 15 is 0 Å². The van der Waals surface area contributed by atoms with Gasteiger partial charge in [-0.1, -0.05) is 68.9 Å². The molecule has 0 heterocycles. The van der Waals surface area contributed by atoms with Gasteiger partial charge in [0.05, 0.1) is 4.90 Å². The van der Waals surface area contributed by atoms with Crippen LogP contribution >= 0.6 is 0 Å². The number of amides is 1. The molecule has 0 aliphatic rings.